The van der Waals surface area contributed by atoms with Crippen LogP contribution in [0.4, 0.5) is 8.78 Å². The lowest BCUT2D eigenvalue weighted by Gasteiger charge is -2.14. The smallest absolute Gasteiger partial charge is 0.320 e. The van der Waals surface area contributed by atoms with Crippen molar-refractivity contribution in [2.75, 3.05) is 0 Å². The first-order chi connectivity index (χ1) is 14.9. The largest absolute Gasteiger partial charge is 0.454 e. The van der Waals surface area contributed by atoms with E-state index >= 15 is 0 Å². The Labute approximate surface area is 180 Å². The molecule has 10 heteroatoms. The van der Waals surface area contributed by atoms with E-state index in [0.717, 1.165) is 10.1 Å². The Morgan fingerprint density at radius 2 is 1.90 bits per heavy atom. The number of para-hydroxylation sites is 2. The summed E-state index contributed by atoms with van der Waals surface area (Å²) in [6.07, 6.45) is -0.861. The molecule has 7 nitrogen and oxygen atoms in total. The van der Waals surface area contributed by atoms with E-state index in [1.54, 1.807) is 48.5 Å². The third-order valence-electron chi connectivity index (χ3n) is 4.60. The lowest BCUT2D eigenvalue weighted by atomic mass is 10.2. The molecule has 160 valence electrons. The summed E-state index contributed by atoms with van der Waals surface area (Å²) in [6, 6.07) is 13.4. The molecule has 4 aromatic rings. The van der Waals surface area contributed by atoms with Crippen LogP contribution in [-0.4, -0.2) is 25.7 Å². The number of esters is 1. The Balaban J connectivity index is 1.40. The molecule has 0 aliphatic rings. The van der Waals surface area contributed by atoms with E-state index in [0.29, 0.717) is 16.4 Å². The highest BCUT2D eigenvalue weighted by Gasteiger charge is 2.24. The Hall–Kier alpha value is -3.33. The number of benzene rings is 2. The maximum Gasteiger partial charge on any atom is 0.320 e. The first-order valence-electron chi connectivity index (χ1n) is 9.45. The summed E-state index contributed by atoms with van der Waals surface area (Å²) in [6.45, 7) is -1.31. The number of aryl methyl sites for hydroxylation is 1. The quantitative estimate of drug-likeness (QED) is 0.355. The zero-order valence-corrected chi connectivity index (χ0v) is 17.1. The number of imidazole rings is 1. The van der Waals surface area contributed by atoms with Gasteiger partial charge in [-0.1, -0.05) is 28.9 Å². The van der Waals surface area contributed by atoms with E-state index in [1.165, 1.54) is 6.92 Å². The van der Waals surface area contributed by atoms with Crippen LogP contribution >= 0.6 is 11.6 Å². The predicted octanol–water partition coefficient (Wildman–Crippen LogP) is 5.37. The molecule has 0 radical (unpaired) electrons. The Morgan fingerprint density at radius 1 is 1.16 bits per heavy atom. The summed E-state index contributed by atoms with van der Waals surface area (Å²) in [5, 5.41) is 4.47. The van der Waals surface area contributed by atoms with Gasteiger partial charge in [-0.25, -0.2) is 4.98 Å². The minimum absolute atomic E-state index is 0.0210. The number of fused-ring (bicyclic) bond motifs is 1. The van der Waals surface area contributed by atoms with Crippen molar-refractivity contribution in [1.29, 1.82) is 0 Å². The summed E-state index contributed by atoms with van der Waals surface area (Å²) >= 11 is 5.86. The van der Waals surface area contributed by atoms with Crippen LogP contribution in [0.2, 0.25) is 5.02 Å². The second-order valence-corrected chi connectivity index (χ2v) is 7.19. The Bertz CT molecular complexity index is 1210. The van der Waals surface area contributed by atoms with E-state index in [-0.39, 0.29) is 30.1 Å². The van der Waals surface area contributed by atoms with E-state index in [2.05, 4.69) is 15.1 Å². The normalized spacial score (nSPS) is 12.4. The van der Waals surface area contributed by atoms with Crippen LogP contribution in [0.3, 0.4) is 0 Å². The van der Waals surface area contributed by atoms with Crippen LogP contribution in [0.15, 0.2) is 53.1 Å². The second-order valence-electron chi connectivity index (χ2n) is 6.76. The average molecular weight is 447 g/mol. The van der Waals surface area contributed by atoms with Gasteiger partial charge >= 0.3 is 12.5 Å². The van der Waals surface area contributed by atoms with Crippen LogP contribution in [0.25, 0.3) is 22.4 Å². The molecular formula is C21H17ClF2N4O3. The molecule has 0 amide bonds. The second kappa shape index (κ2) is 8.81. The zero-order valence-electron chi connectivity index (χ0n) is 16.3. The number of halogens is 3. The number of aromatic nitrogens is 4. The fourth-order valence-electron chi connectivity index (χ4n) is 3.15. The number of rotatable bonds is 7. The molecular weight excluding hydrogens is 430 g/mol. The lowest BCUT2D eigenvalue weighted by molar-refractivity contribution is -0.149. The molecule has 1 unspecified atom stereocenters. The molecule has 0 bridgehead atoms. The van der Waals surface area contributed by atoms with Crippen LogP contribution in [-0.2, 0) is 16.0 Å². The van der Waals surface area contributed by atoms with Gasteiger partial charge in [-0.15, -0.1) is 0 Å². The zero-order chi connectivity index (χ0) is 22.0. The molecule has 0 saturated carbocycles. The van der Waals surface area contributed by atoms with Gasteiger partial charge in [0.15, 0.2) is 11.9 Å². The molecule has 0 saturated heterocycles. The highest BCUT2D eigenvalue weighted by molar-refractivity contribution is 6.30. The molecule has 31 heavy (non-hydrogen) atoms. The van der Waals surface area contributed by atoms with Crippen LogP contribution in [0.1, 0.15) is 37.7 Å². The van der Waals surface area contributed by atoms with Crippen molar-refractivity contribution in [3.05, 3.63) is 65.3 Å². The summed E-state index contributed by atoms with van der Waals surface area (Å²) in [5.41, 5.74) is 1.40. The van der Waals surface area contributed by atoms with Gasteiger partial charge in [-0.05, 0) is 43.3 Å². The number of hydrogen-bond donors (Lipinski definition) is 0. The molecule has 2 aromatic carbocycles. The molecule has 0 aliphatic carbocycles. The highest BCUT2D eigenvalue weighted by atomic mass is 35.5. The van der Waals surface area contributed by atoms with Crippen LogP contribution in [0, 0.1) is 0 Å². The van der Waals surface area contributed by atoms with Crippen molar-refractivity contribution >= 4 is 28.6 Å². The van der Waals surface area contributed by atoms with Crippen LogP contribution < -0.4 is 0 Å². The van der Waals surface area contributed by atoms with Crippen molar-refractivity contribution in [2.24, 2.45) is 0 Å². The predicted molar refractivity (Wildman–Crippen MR) is 109 cm³/mol. The van der Waals surface area contributed by atoms with Gasteiger partial charge in [-0.3, -0.25) is 9.36 Å². The van der Waals surface area contributed by atoms with Gasteiger partial charge in [0.1, 0.15) is 0 Å². The maximum atomic E-state index is 13.6. The van der Waals surface area contributed by atoms with Gasteiger partial charge in [0.2, 0.25) is 11.7 Å². The third kappa shape index (κ3) is 4.56. The average Bonchev–Trinajstić information content (AvgIpc) is 3.37. The van der Waals surface area contributed by atoms with Crippen molar-refractivity contribution in [3.8, 4) is 11.4 Å². The number of ether oxygens (including phenoxy) is 1. The van der Waals surface area contributed by atoms with Gasteiger partial charge in [-0.2, -0.15) is 13.8 Å². The molecule has 0 aliphatic heterocycles. The maximum absolute atomic E-state index is 13.6. The Kier molecular flexibility index (Phi) is 5.94. The third-order valence-corrected chi connectivity index (χ3v) is 4.86. The minimum atomic E-state index is -2.81. The van der Waals surface area contributed by atoms with Gasteiger partial charge in [0, 0.05) is 17.0 Å². The lowest BCUT2D eigenvalue weighted by Crippen LogP contribution is -2.15. The van der Waals surface area contributed by atoms with E-state index in [4.69, 9.17) is 20.9 Å². The first kappa shape index (κ1) is 20.9. The number of hydrogen-bond acceptors (Lipinski definition) is 6. The molecule has 2 aromatic heterocycles. The van der Waals surface area contributed by atoms with E-state index in [9.17, 15) is 13.6 Å². The summed E-state index contributed by atoms with van der Waals surface area (Å²) in [7, 11) is 0. The van der Waals surface area contributed by atoms with E-state index in [1.807, 2.05) is 0 Å². The molecule has 1 atom stereocenters. The Morgan fingerprint density at radius 3 is 2.65 bits per heavy atom. The topological polar surface area (TPSA) is 83.0 Å². The monoisotopic (exact) mass is 446 g/mol. The molecule has 0 N–H and O–H groups in total. The van der Waals surface area contributed by atoms with E-state index < -0.39 is 18.6 Å². The summed E-state index contributed by atoms with van der Waals surface area (Å²) in [5.74, 6) is 0.0207. The molecule has 2 heterocycles. The highest BCUT2D eigenvalue weighted by Crippen LogP contribution is 2.28. The van der Waals surface area contributed by atoms with Gasteiger partial charge in [0.25, 0.3) is 0 Å². The number of carbonyl (C=O) groups is 1. The van der Waals surface area contributed by atoms with Crippen molar-refractivity contribution in [3.63, 3.8) is 0 Å². The first-order valence-corrected chi connectivity index (χ1v) is 9.83. The molecule has 0 fully saturated rings. The van der Waals surface area contributed by atoms with Gasteiger partial charge in [0.05, 0.1) is 17.5 Å². The standard InChI is InChI=1S/C21H17ClF2N4O3/c1-12(20-25-15-4-2-3-5-16(15)28(20)21(23)24)30-18(29)11-10-17-26-19(27-31-17)13-6-8-14(22)9-7-13/h2-9,12,21H,10-11H2,1H3. The molecule has 4 rings (SSSR count). The number of alkyl halides is 2. The van der Waals surface area contributed by atoms with Gasteiger partial charge < -0.3 is 9.26 Å². The van der Waals surface area contributed by atoms with Crippen molar-refractivity contribution in [2.45, 2.75) is 32.4 Å². The SMILES string of the molecule is CC(OC(=O)CCc1nc(-c2ccc(Cl)cc2)no1)c1nc2ccccc2n1C(F)F. The number of carbonyl (C=O) groups excluding carboxylic acids is 1. The fraction of sp³-hybridized carbons (Fsp3) is 0.238. The minimum Gasteiger partial charge on any atom is -0.454 e. The number of nitrogens with zero attached hydrogens (tertiary/aromatic N) is 4. The fourth-order valence-corrected chi connectivity index (χ4v) is 3.27. The molecule has 0 spiro atoms. The van der Waals surface area contributed by atoms with Crippen LogP contribution in [0.5, 0.6) is 0 Å². The van der Waals surface area contributed by atoms with Crippen molar-refractivity contribution < 1.29 is 22.8 Å². The summed E-state index contributed by atoms with van der Waals surface area (Å²) in [4.78, 5) is 20.7. The van der Waals surface area contributed by atoms with Crippen molar-refractivity contribution in [1.82, 2.24) is 19.7 Å². The summed E-state index contributed by atoms with van der Waals surface area (Å²) < 4.78 is 38.4.